The van der Waals surface area contributed by atoms with Gasteiger partial charge in [0, 0.05) is 48.9 Å². The third-order valence-corrected chi connectivity index (χ3v) is 49.8. The Bertz CT molecular complexity index is 1280. The molecule has 6 aliphatic heterocycles. The quantitative estimate of drug-likeness (QED) is 0.128. The summed E-state index contributed by atoms with van der Waals surface area (Å²) in [4.78, 5) is 0. The minimum atomic E-state index is -4.52. The molecular weight excluding hydrogens is 897 g/mol. The van der Waals surface area contributed by atoms with Gasteiger partial charge in [0.15, 0.2) is 0 Å². The van der Waals surface area contributed by atoms with Crippen molar-refractivity contribution in [3.63, 3.8) is 0 Å². The van der Waals surface area contributed by atoms with Gasteiger partial charge < -0.3 is 64.0 Å². The molecule has 344 valence electrons. The van der Waals surface area contributed by atoms with Gasteiger partial charge in [0.2, 0.25) is 0 Å². The molecule has 0 aromatic heterocycles. The highest BCUT2D eigenvalue weighted by Gasteiger charge is 2.84. The highest BCUT2D eigenvalue weighted by Crippen LogP contribution is 2.55. The molecule has 59 heavy (non-hydrogen) atoms. The van der Waals surface area contributed by atoms with Gasteiger partial charge >= 0.3 is 70.7 Å². The van der Waals surface area contributed by atoms with Crippen molar-refractivity contribution in [3.05, 3.63) is 0 Å². The molecule has 7 aliphatic rings. The second-order valence-electron chi connectivity index (χ2n) is 21.1. The van der Waals surface area contributed by atoms with E-state index in [1.165, 1.54) is 0 Å². The highest BCUT2D eigenvalue weighted by molar-refractivity contribution is 7.02. The Morgan fingerprint density at radius 2 is 0.644 bits per heavy atom. The summed E-state index contributed by atoms with van der Waals surface area (Å²) >= 11 is 0. The first kappa shape index (κ1) is 49.6. The summed E-state index contributed by atoms with van der Waals surface area (Å²) in [7, 11) is -32.7. The molecule has 6 saturated heterocycles. The molecule has 0 spiro atoms. The van der Waals surface area contributed by atoms with Gasteiger partial charge in [-0.2, -0.15) is 0 Å². The molecule has 7 rings (SSSR count). The second kappa shape index (κ2) is 18.4. The van der Waals surface area contributed by atoms with E-state index in [2.05, 4.69) is 96.9 Å². The van der Waals surface area contributed by atoms with Gasteiger partial charge in [0.25, 0.3) is 0 Å². The Hall–Kier alpha value is 1.14. The van der Waals surface area contributed by atoms with Crippen LogP contribution in [0.4, 0.5) is 0 Å². The van der Waals surface area contributed by atoms with Gasteiger partial charge in [-0.15, -0.1) is 0 Å². The van der Waals surface area contributed by atoms with Crippen molar-refractivity contribution in [2.45, 2.75) is 177 Å². The predicted molar refractivity (Wildman–Crippen MR) is 236 cm³/mol. The summed E-state index contributed by atoms with van der Waals surface area (Å²) in [5, 5.41) is 20.9. The lowest BCUT2D eigenvalue weighted by Gasteiger charge is -2.63. The van der Waals surface area contributed by atoms with E-state index in [-0.39, 0.29) is 54.0 Å². The average molecular weight is 976 g/mol. The smallest absolute Gasteiger partial charge is 0.390 e. The molecule has 1 aliphatic carbocycles. The van der Waals surface area contributed by atoms with Crippen LogP contribution in [0.2, 0.25) is 42.3 Å². The lowest BCUT2D eigenvalue weighted by Crippen LogP contribution is -2.89. The summed E-state index contributed by atoms with van der Waals surface area (Å²) in [6.45, 7) is 30.1. The Kier molecular flexibility index (Phi) is 15.5. The fourth-order valence-corrected chi connectivity index (χ4v) is 59.2. The Morgan fingerprint density at radius 3 is 0.881 bits per heavy atom. The third-order valence-electron chi connectivity index (χ3n) is 10.9. The first-order valence-electron chi connectivity index (χ1n) is 22.7. The molecule has 1 saturated carbocycles. The van der Waals surface area contributed by atoms with E-state index in [1.807, 2.05) is 0 Å². The van der Waals surface area contributed by atoms with Crippen LogP contribution < -0.4 is 0 Å². The minimum Gasteiger partial charge on any atom is -0.390 e. The van der Waals surface area contributed by atoms with Crippen molar-refractivity contribution in [2.24, 2.45) is 47.3 Å². The fourth-order valence-electron chi connectivity index (χ4n) is 9.50. The number of hydrogen-bond acceptors (Lipinski definition) is 15. The van der Waals surface area contributed by atoms with Gasteiger partial charge in [-0.25, -0.2) is 0 Å². The van der Waals surface area contributed by atoms with Crippen molar-refractivity contribution in [3.8, 4) is 0 Å². The maximum Gasteiger partial charge on any atom is 0.657 e. The van der Waals surface area contributed by atoms with Crippen molar-refractivity contribution >= 4 is 70.7 Å². The molecule has 0 radical (unpaired) electrons. The first-order chi connectivity index (χ1) is 27.3. The molecule has 0 amide bonds. The van der Waals surface area contributed by atoms with Crippen LogP contribution in [0.5, 0.6) is 0 Å². The van der Waals surface area contributed by atoms with E-state index < -0.39 is 82.9 Å². The topological polar surface area (TPSA) is 160 Å². The number of rotatable bonds is 18. The van der Waals surface area contributed by atoms with Gasteiger partial charge in [0.1, 0.15) is 0 Å². The first-order valence-corrected chi connectivity index (χ1v) is 37.9. The van der Waals surface area contributed by atoms with Crippen molar-refractivity contribution in [1.29, 1.82) is 0 Å². The lowest BCUT2D eigenvalue weighted by atomic mass is 9.84. The number of hydrogen-bond donors (Lipinski definition) is 2. The lowest BCUT2D eigenvalue weighted by molar-refractivity contribution is -0.0646. The third kappa shape index (κ3) is 11.8. The van der Waals surface area contributed by atoms with Crippen molar-refractivity contribution in [1.82, 2.24) is 0 Å². The van der Waals surface area contributed by atoms with Crippen LogP contribution in [0.25, 0.3) is 0 Å². The largest absolute Gasteiger partial charge is 0.657 e. The SMILES string of the molecule is CC(C)C[Si]12O[Si]3(CC(C)C)O[Si]4(CC(C)C)O[Si](CC(C)C)(O1)O[Si]1(CC(C)C)O[Si](CC(C)C)(O2)O[Si](CC(C)C)(O3)O[Si](OCCC2CC[C@@H](O)[C@H](O)C2)(O4)O1. The number of aliphatic hydroxyl groups excluding tert-OH is 2. The van der Waals surface area contributed by atoms with E-state index in [1.54, 1.807) is 0 Å². The van der Waals surface area contributed by atoms with E-state index in [0.29, 0.717) is 61.6 Å². The molecule has 23 heteroatoms. The summed E-state index contributed by atoms with van der Waals surface area (Å²) in [5.74, 6) is 0.582. The molecule has 6 heterocycles. The van der Waals surface area contributed by atoms with Gasteiger partial charge in [0.05, 0.1) is 12.2 Å². The second-order valence-corrected chi connectivity index (χ2v) is 44.6. The van der Waals surface area contributed by atoms with Gasteiger partial charge in [-0.1, -0.05) is 96.9 Å². The summed E-state index contributed by atoms with van der Waals surface area (Å²) in [5.41, 5.74) is 0. The standard InChI is InChI=1S/C36H78O15Si8/c1-27(2)20-52-40-53(21-28(3)4)43-56(24-31(9)10)45-54(41-52,22-29(5)6)47-58(26-33(13)14)48-55(42-52,23-30(7)8)46-57(44-53,25-32(11)12)50-59(49-56,51-58)39-18-17-34-15-16-35(37)36(38)19-34/h27-38H,15-26H2,1-14H3/t34?,35-,36-,52?,53?,54?,55?,56?,57?,58?,59?/m1/s1. The Balaban J connectivity index is 1.66. The number of aliphatic hydroxyl groups is 2. The van der Waals surface area contributed by atoms with E-state index in [4.69, 9.17) is 53.8 Å². The van der Waals surface area contributed by atoms with E-state index in [0.717, 1.165) is 6.42 Å². The van der Waals surface area contributed by atoms with E-state index >= 15 is 0 Å². The van der Waals surface area contributed by atoms with E-state index in [9.17, 15) is 10.2 Å². The maximum atomic E-state index is 10.6. The molecular formula is C36H78O15Si8. The van der Waals surface area contributed by atoms with Crippen LogP contribution in [-0.2, 0) is 53.8 Å². The van der Waals surface area contributed by atoms with Crippen molar-refractivity contribution in [2.75, 3.05) is 6.61 Å². The van der Waals surface area contributed by atoms with Crippen LogP contribution >= 0.6 is 0 Å². The molecule has 7 fully saturated rings. The summed E-state index contributed by atoms with van der Waals surface area (Å²) < 4.78 is 99.8. The van der Waals surface area contributed by atoms with Crippen LogP contribution in [-0.4, -0.2) is 99.7 Å². The Labute approximate surface area is 364 Å². The van der Waals surface area contributed by atoms with Gasteiger partial charge in [-0.3, -0.25) is 0 Å². The molecule has 0 aromatic rings. The van der Waals surface area contributed by atoms with Crippen LogP contribution in [0, 0.1) is 47.3 Å². The average Bonchev–Trinajstić information content (AvgIpc) is 2.96. The maximum absolute atomic E-state index is 10.6. The summed E-state index contributed by atoms with van der Waals surface area (Å²) in [6, 6.07) is 2.91. The highest BCUT2D eigenvalue weighted by atomic mass is 28.6. The predicted octanol–water partition coefficient (Wildman–Crippen LogP) is 7.78. The van der Waals surface area contributed by atoms with Crippen LogP contribution in [0.15, 0.2) is 0 Å². The normalized spacial score (nSPS) is 43.7. The zero-order valence-corrected chi connectivity index (χ0v) is 46.5. The Morgan fingerprint density at radius 1 is 0.390 bits per heavy atom. The molecule has 3 atom stereocenters. The zero-order chi connectivity index (χ0) is 43.5. The molecule has 1 unspecified atom stereocenters. The zero-order valence-electron chi connectivity index (χ0n) is 38.5. The molecule has 15 nitrogen and oxygen atoms in total. The van der Waals surface area contributed by atoms with Gasteiger partial charge in [-0.05, 0) is 73.0 Å². The molecule has 8 bridgehead atoms. The minimum absolute atomic E-state index is 0.0435. The van der Waals surface area contributed by atoms with Crippen LogP contribution in [0.1, 0.15) is 123 Å². The van der Waals surface area contributed by atoms with Crippen LogP contribution in [0.3, 0.4) is 0 Å². The fraction of sp³-hybridized carbons (Fsp3) is 1.00. The monoisotopic (exact) mass is 974 g/mol. The molecule has 0 aromatic carbocycles. The molecule has 2 N–H and O–H groups in total. The van der Waals surface area contributed by atoms with Crippen molar-refractivity contribution < 1.29 is 64.0 Å². The summed E-state index contributed by atoms with van der Waals surface area (Å²) in [6.07, 6.45) is 0.838.